The Morgan fingerprint density at radius 2 is 1.58 bits per heavy atom. The maximum absolute atomic E-state index is 13.2. The van der Waals surface area contributed by atoms with Crippen LogP contribution in [0.25, 0.3) is 0 Å². The number of likely N-dealkylation sites (tertiary alicyclic amines) is 1. The van der Waals surface area contributed by atoms with E-state index in [4.69, 9.17) is 11.6 Å². The lowest BCUT2D eigenvalue weighted by atomic mass is 9.51. The summed E-state index contributed by atoms with van der Waals surface area (Å²) in [5.74, 6) is -2.29. The smallest absolute Gasteiger partial charge is 0.311 e. The minimum absolute atomic E-state index is 0.331. The van der Waals surface area contributed by atoms with Crippen molar-refractivity contribution >= 4 is 23.5 Å². The Labute approximate surface area is 218 Å². The minimum Gasteiger partial charge on any atom is -0.481 e. The van der Waals surface area contributed by atoms with Gasteiger partial charge in [0.2, 0.25) is 0 Å². The van der Waals surface area contributed by atoms with E-state index in [0.717, 1.165) is 25.9 Å². The lowest BCUT2D eigenvalue weighted by Crippen LogP contribution is -2.69. The van der Waals surface area contributed by atoms with E-state index in [9.17, 15) is 19.8 Å². The third kappa shape index (κ3) is 4.55. The van der Waals surface area contributed by atoms with E-state index in [-0.39, 0.29) is 0 Å². The Morgan fingerprint density at radius 1 is 0.972 bits per heavy atom. The highest BCUT2D eigenvalue weighted by Gasteiger charge is 2.65. The molecule has 2 aliphatic heterocycles. The number of aliphatic carboxylic acids is 2. The summed E-state index contributed by atoms with van der Waals surface area (Å²) in [5, 5.41) is 25.0. The van der Waals surface area contributed by atoms with Crippen LogP contribution in [-0.4, -0.2) is 58.8 Å². The third-order valence-electron chi connectivity index (χ3n) is 9.06. The summed E-state index contributed by atoms with van der Waals surface area (Å²) < 4.78 is 0. The van der Waals surface area contributed by atoms with Crippen molar-refractivity contribution in [2.45, 2.75) is 64.0 Å². The molecule has 2 aromatic carbocycles. The molecule has 7 heteroatoms. The number of hydrogen-bond donors (Lipinski definition) is 3. The van der Waals surface area contributed by atoms with Crippen molar-refractivity contribution in [3.63, 3.8) is 0 Å². The molecule has 0 spiro atoms. The van der Waals surface area contributed by atoms with Crippen molar-refractivity contribution in [3.05, 3.63) is 70.7 Å². The third-order valence-corrected chi connectivity index (χ3v) is 9.41. The second-order valence-corrected chi connectivity index (χ2v) is 11.2. The predicted molar refractivity (Wildman–Crippen MR) is 142 cm³/mol. The molecule has 0 amide bonds. The molecule has 2 saturated heterocycles. The van der Waals surface area contributed by atoms with E-state index in [1.54, 1.807) is 25.1 Å². The van der Waals surface area contributed by atoms with Gasteiger partial charge in [0, 0.05) is 23.0 Å². The van der Waals surface area contributed by atoms with E-state index in [2.05, 4.69) is 34.5 Å². The number of piperidine rings is 2. The molecule has 5 unspecified atom stereocenters. The van der Waals surface area contributed by atoms with Crippen molar-refractivity contribution < 1.29 is 19.8 Å². The van der Waals surface area contributed by atoms with Crippen LogP contribution in [0.1, 0.15) is 63.0 Å². The van der Waals surface area contributed by atoms with Gasteiger partial charge in [0.1, 0.15) is 0 Å². The van der Waals surface area contributed by atoms with Gasteiger partial charge in [-0.2, -0.15) is 0 Å². The number of halogens is 1. The first-order valence-corrected chi connectivity index (χ1v) is 13.2. The molecule has 0 aromatic heterocycles. The predicted octanol–water partition coefficient (Wildman–Crippen LogP) is 5.24. The highest BCUT2D eigenvalue weighted by molar-refractivity contribution is 6.31. The number of carbonyl (C=O) groups is 2. The van der Waals surface area contributed by atoms with E-state index in [1.807, 2.05) is 26.0 Å². The Kier molecular flexibility index (Phi) is 7.79. The van der Waals surface area contributed by atoms with Gasteiger partial charge in [-0.1, -0.05) is 60.1 Å². The van der Waals surface area contributed by atoms with Crippen molar-refractivity contribution in [2.75, 3.05) is 19.6 Å². The van der Waals surface area contributed by atoms with E-state index in [0.29, 0.717) is 29.5 Å². The van der Waals surface area contributed by atoms with Crippen LogP contribution in [0.15, 0.2) is 54.6 Å². The van der Waals surface area contributed by atoms with Crippen LogP contribution >= 0.6 is 11.6 Å². The van der Waals surface area contributed by atoms with Crippen LogP contribution in [0.5, 0.6) is 0 Å². The topological polar surface area (TPSA) is 89.9 Å². The molecule has 194 valence electrons. The molecule has 0 radical (unpaired) electrons. The first kappa shape index (κ1) is 26.6. The molecule has 3 N–H and O–H groups in total. The summed E-state index contributed by atoms with van der Waals surface area (Å²) in [6, 6.07) is 16.8. The largest absolute Gasteiger partial charge is 0.481 e. The van der Waals surface area contributed by atoms with Crippen LogP contribution in [0, 0.1) is 10.8 Å². The number of benzene rings is 2. The molecule has 2 heterocycles. The zero-order chi connectivity index (χ0) is 26.1. The molecule has 36 heavy (non-hydrogen) atoms. The summed E-state index contributed by atoms with van der Waals surface area (Å²) in [7, 11) is 0. The SMILES string of the molecule is CC1NC(C)C(CCN2CCC(c3ccccc3)CC2)(C(=O)O)C(c2ccccc2Cl)C1(C)C(=O)O. The zero-order valence-corrected chi connectivity index (χ0v) is 22.0. The number of nitrogens with one attached hydrogen (secondary N) is 1. The number of nitrogens with zero attached hydrogens (tertiary/aromatic N) is 1. The summed E-state index contributed by atoms with van der Waals surface area (Å²) in [5.41, 5.74) is -0.763. The standard InChI is InChI=1S/C29H37ClN2O4/c1-19-28(3,26(33)34)25(23-11-7-8-12-24(23)30)29(27(35)36,20(2)31-19)15-18-32-16-13-22(14-17-32)21-9-5-4-6-10-21/h4-12,19-20,22,25,31H,13-18H2,1-3H3,(H,33,34)(H,35,36). The second kappa shape index (κ2) is 10.5. The summed E-state index contributed by atoms with van der Waals surface area (Å²) >= 11 is 6.62. The Morgan fingerprint density at radius 3 is 2.17 bits per heavy atom. The molecule has 0 bridgehead atoms. The molecule has 4 rings (SSSR count). The van der Waals surface area contributed by atoms with E-state index < -0.39 is 40.8 Å². The van der Waals surface area contributed by atoms with Gasteiger partial charge in [0.05, 0.1) is 10.8 Å². The van der Waals surface area contributed by atoms with Crippen LogP contribution in [0.2, 0.25) is 5.02 Å². The zero-order valence-electron chi connectivity index (χ0n) is 21.3. The molecule has 2 fully saturated rings. The van der Waals surface area contributed by atoms with Gasteiger partial charge in [-0.15, -0.1) is 0 Å². The molecule has 0 aliphatic carbocycles. The first-order valence-electron chi connectivity index (χ1n) is 12.9. The summed E-state index contributed by atoms with van der Waals surface area (Å²) in [6.07, 6.45) is 2.38. The molecular weight excluding hydrogens is 476 g/mol. The summed E-state index contributed by atoms with van der Waals surface area (Å²) in [6.45, 7) is 7.73. The number of carboxylic acids is 2. The van der Waals surface area contributed by atoms with Crippen LogP contribution in [0.4, 0.5) is 0 Å². The maximum atomic E-state index is 13.2. The Hall–Kier alpha value is -2.41. The first-order chi connectivity index (χ1) is 17.1. The van der Waals surface area contributed by atoms with Crippen LogP contribution in [0.3, 0.4) is 0 Å². The van der Waals surface area contributed by atoms with Gasteiger partial charge >= 0.3 is 11.9 Å². The fourth-order valence-electron chi connectivity index (χ4n) is 6.68. The lowest BCUT2D eigenvalue weighted by Gasteiger charge is -2.56. The number of hydrogen-bond acceptors (Lipinski definition) is 4. The normalized spacial score (nSPS) is 31.7. The maximum Gasteiger partial charge on any atom is 0.311 e. The van der Waals surface area contributed by atoms with Crippen molar-refractivity contribution in [2.24, 2.45) is 10.8 Å². The van der Waals surface area contributed by atoms with Gasteiger partial charge in [-0.05, 0) is 82.8 Å². The second-order valence-electron chi connectivity index (χ2n) is 10.8. The average Bonchev–Trinajstić information content (AvgIpc) is 2.86. The Bertz CT molecular complexity index is 1090. The van der Waals surface area contributed by atoms with E-state index in [1.165, 1.54) is 5.56 Å². The van der Waals surface area contributed by atoms with Crippen LogP contribution < -0.4 is 5.32 Å². The molecule has 0 saturated carbocycles. The van der Waals surface area contributed by atoms with Crippen molar-refractivity contribution in [3.8, 4) is 0 Å². The van der Waals surface area contributed by atoms with Gasteiger partial charge < -0.3 is 20.4 Å². The van der Waals surface area contributed by atoms with E-state index >= 15 is 0 Å². The molecule has 6 nitrogen and oxygen atoms in total. The fraction of sp³-hybridized carbons (Fsp3) is 0.517. The quantitative estimate of drug-likeness (QED) is 0.470. The van der Waals surface area contributed by atoms with Gasteiger partial charge in [-0.25, -0.2) is 0 Å². The average molecular weight is 513 g/mol. The summed E-state index contributed by atoms with van der Waals surface area (Å²) in [4.78, 5) is 28.3. The van der Waals surface area contributed by atoms with Gasteiger partial charge in [0.25, 0.3) is 0 Å². The number of rotatable bonds is 7. The van der Waals surface area contributed by atoms with Gasteiger partial charge in [-0.3, -0.25) is 9.59 Å². The van der Waals surface area contributed by atoms with Crippen LogP contribution in [-0.2, 0) is 9.59 Å². The molecular formula is C29H37ClN2O4. The number of carboxylic acid groups (broad SMARTS) is 2. The van der Waals surface area contributed by atoms with Crippen molar-refractivity contribution in [1.82, 2.24) is 10.2 Å². The highest BCUT2D eigenvalue weighted by atomic mass is 35.5. The lowest BCUT2D eigenvalue weighted by molar-refractivity contribution is -0.171. The molecule has 2 aliphatic rings. The van der Waals surface area contributed by atoms with Gasteiger partial charge in [0.15, 0.2) is 0 Å². The fourth-order valence-corrected chi connectivity index (χ4v) is 6.93. The van der Waals surface area contributed by atoms with Crippen molar-refractivity contribution in [1.29, 1.82) is 0 Å². The molecule has 2 aromatic rings. The molecule has 5 atom stereocenters. The monoisotopic (exact) mass is 512 g/mol. The highest BCUT2D eigenvalue weighted by Crippen LogP contribution is 2.58. The Balaban J connectivity index is 1.65. The minimum atomic E-state index is -1.36.